The molecule has 0 unspecified atom stereocenters. The Bertz CT molecular complexity index is 691. The number of guanidine groups is 1. The molecule has 0 amide bonds. The predicted octanol–water partition coefficient (Wildman–Crippen LogP) is 3.73. The molecule has 27 heavy (non-hydrogen) atoms. The van der Waals surface area contributed by atoms with Crippen molar-refractivity contribution >= 4 is 5.96 Å². The molecule has 148 valence electrons. The van der Waals surface area contributed by atoms with Gasteiger partial charge in [0.25, 0.3) is 0 Å². The van der Waals surface area contributed by atoms with Gasteiger partial charge in [-0.15, -0.1) is 0 Å². The summed E-state index contributed by atoms with van der Waals surface area (Å²) in [4.78, 5) is 8.85. The number of aliphatic imine (C=N–C) groups is 1. The van der Waals surface area contributed by atoms with Crippen LogP contribution in [0.5, 0.6) is 0 Å². The van der Waals surface area contributed by atoms with Crippen molar-refractivity contribution in [2.45, 2.75) is 58.6 Å². The van der Waals surface area contributed by atoms with E-state index in [1.807, 2.05) is 37.3 Å². The lowest BCUT2D eigenvalue weighted by molar-refractivity contribution is 0.0257. The van der Waals surface area contributed by atoms with Crippen LogP contribution in [0.25, 0.3) is 11.3 Å². The Morgan fingerprint density at radius 1 is 1.11 bits per heavy atom. The largest absolute Gasteiger partial charge is 0.439 e. The third-order valence-electron chi connectivity index (χ3n) is 4.34. The van der Waals surface area contributed by atoms with Crippen LogP contribution in [-0.4, -0.2) is 34.7 Å². The molecule has 6 nitrogen and oxygen atoms in total. The summed E-state index contributed by atoms with van der Waals surface area (Å²) in [6.07, 6.45) is 5.16. The van der Waals surface area contributed by atoms with E-state index < -0.39 is 5.60 Å². The highest BCUT2D eigenvalue weighted by molar-refractivity contribution is 5.79. The number of rotatable bonds is 10. The van der Waals surface area contributed by atoms with Gasteiger partial charge >= 0.3 is 0 Å². The first kappa shape index (κ1) is 21.0. The Morgan fingerprint density at radius 2 is 1.81 bits per heavy atom. The Hall–Kier alpha value is -2.34. The van der Waals surface area contributed by atoms with Crippen LogP contribution in [0.1, 0.15) is 52.3 Å². The summed E-state index contributed by atoms with van der Waals surface area (Å²) >= 11 is 0. The highest BCUT2D eigenvalue weighted by atomic mass is 16.4. The Morgan fingerprint density at radius 3 is 2.44 bits per heavy atom. The summed E-state index contributed by atoms with van der Waals surface area (Å²) < 4.78 is 5.80. The van der Waals surface area contributed by atoms with Gasteiger partial charge in [-0.25, -0.2) is 9.98 Å². The summed E-state index contributed by atoms with van der Waals surface area (Å²) in [5.74, 6) is 1.95. The first-order valence-corrected chi connectivity index (χ1v) is 9.85. The maximum Gasteiger partial charge on any atom is 0.216 e. The van der Waals surface area contributed by atoms with Crippen molar-refractivity contribution in [3.63, 3.8) is 0 Å². The van der Waals surface area contributed by atoms with E-state index in [2.05, 4.69) is 34.5 Å². The van der Waals surface area contributed by atoms with Crippen LogP contribution >= 0.6 is 0 Å². The first-order valence-electron chi connectivity index (χ1n) is 9.85. The minimum atomic E-state index is -0.705. The van der Waals surface area contributed by atoms with E-state index in [4.69, 9.17) is 4.42 Å². The molecule has 1 aromatic carbocycles. The van der Waals surface area contributed by atoms with Gasteiger partial charge in [0.1, 0.15) is 6.54 Å². The van der Waals surface area contributed by atoms with Gasteiger partial charge in [0, 0.05) is 18.7 Å². The highest BCUT2D eigenvalue weighted by Gasteiger charge is 2.24. The van der Waals surface area contributed by atoms with Crippen LogP contribution in [0, 0.1) is 0 Å². The molecule has 0 fully saturated rings. The third-order valence-corrected chi connectivity index (χ3v) is 4.34. The molecule has 0 aliphatic carbocycles. The molecule has 2 rings (SSSR count). The standard InChI is InChI=1S/C21H32N4O2/c1-4-12-21(26,13-5-2)16-25-20(22-6-3)24-15-19-23-14-18(27-19)17-10-8-7-9-11-17/h7-11,14,26H,4-6,12-13,15-16H2,1-3H3,(H2,22,24,25). The lowest BCUT2D eigenvalue weighted by Crippen LogP contribution is -2.47. The summed E-state index contributed by atoms with van der Waals surface area (Å²) in [6.45, 7) is 7.75. The van der Waals surface area contributed by atoms with Gasteiger partial charge < -0.3 is 20.2 Å². The number of benzene rings is 1. The van der Waals surface area contributed by atoms with E-state index in [1.54, 1.807) is 6.20 Å². The molecule has 0 saturated heterocycles. The van der Waals surface area contributed by atoms with E-state index in [-0.39, 0.29) is 0 Å². The van der Waals surface area contributed by atoms with Crippen LogP contribution < -0.4 is 10.6 Å². The van der Waals surface area contributed by atoms with E-state index in [0.717, 1.165) is 43.6 Å². The Balaban J connectivity index is 1.99. The van der Waals surface area contributed by atoms with Crippen molar-refractivity contribution in [1.82, 2.24) is 15.6 Å². The van der Waals surface area contributed by atoms with Gasteiger partial charge in [0.05, 0.1) is 11.8 Å². The lowest BCUT2D eigenvalue weighted by Gasteiger charge is -2.28. The average Bonchev–Trinajstić information content (AvgIpc) is 3.14. The molecule has 2 aromatic rings. The smallest absolute Gasteiger partial charge is 0.216 e. The van der Waals surface area contributed by atoms with Crippen molar-refractivity contribution in [3.8, 4) is 11.3 Å². The zero-order valence-corrected chi connectivity index (χ0v) is 16.7. The fourth-order valence-electron chi connectivity index (χ4n) is 3.09. The number of oxazole rings is 1. The number of hydrogen-bond acceptors (Lipinski definition) is 4. The van der Waals surface area contributed by atoms with Gasteiger partial charge in [-0.3, -0.25) is 0 Å². The lowest BCUT2D eigenvalue weighted by atomic mass is 9.93. The molecular formula is C21H32N4O2. The zero-order chi connectivity index (χ0) is 19.5. The van der Waals surface area contributed by atoms with Crippen molar-refractivity contribution in [1.29, 1.82) is 0 Å². The molecule has 0 aliphatic heterocycles. The molecule has 0 aliphatic rings. The van der Waals surface area contributed by atoms with E-state index in [1.165, 1.54) is 0 Å². The van der Waals surface area contributed by atoms with Crippen molar-refractivity contribution in [3.05, 3.63) is 42.4 Å². The molecule has 0 bridgehead atoms. The van der Waals surface area contributed by atoms with Gasteiger partial charge in [-0.05, 0) is 19.8 Å². The molecule has 1 heterocycles. The molecular weight excluding hydrogens is 340 g/mol. The normalized spacial score (nSPS) is 12.2. The molecule has 0 spiro atoms. The van der Waals surface area contributed by atoms with Crippen molar-refractivity contribution in [2.24, 2.45) is 4.99 Å². The van der Waals surface area contributed by atoms with E-state index >= 15 is 0 Å². The number of aromatic nitrogens is 1. The van der Waals surface area contributed by atoms with Crippen LogP contribution in [0.15, 0.2) is 45.9 Å². The fourth-order valence-corrected chi connectivity index (χ4v) is 3.09. The van der Waals surface area contributed by atoms with E-state index in [0.29, 0.717) is 24.9 Å². The Labute approximate surface area is 162 Å². The Kier molecular flexibility index (Phi) is 8.33. The quantitative estimate of drug-likeness (QED) is 0.437. The van der Waals surface area contributed by atoms with Crippen LogP contribution in [0.4, 0.5) is 0 Å². The fraction of sp³-hybridized carbons (Fsp3) is 0.524. The number of nitrogens with one attached hydrogen (secondary N) is 2. The minimum Gasteiger partial charge on any atom is -0.439 e. The average molecular weight is 373 g/mol. The molecule has 3 N–H and O–H groups in total. The highest BCUT2D eigenvalue weighted by Crippen LogP contribution is 2.20. The number of aliphatic hydroxyl groups is 1. The van der Waals surface area contributed by atoms with E-state index in [9.17, 15) is 5.11 Å². The topological polar surface area (TPSA) is 82.7 Å². The second kappa shape index (κ2) is 10.7. The predicted molar refractivity (Wildman–Crippen MR) is 110 cm³/mol. The SMILES string of the molecule is CCCC(O)(CCC)CNC(=NCc1ncc(-c2ccccc2)o1)NCC. The molecule has 1 aromatic heterocycles. The molecule has 6 heteroatoms. The summed E-state index contributed by atoms with van der Waals surface area (Å²) in [7, 11) is 0. The number of nitrogens with zero attached hydrogens (tertiary/aromatic N) is 2. The summed E-state index contributed by atoms with van der Waals surface area (Å²) in [6, 6.07) is 9.88. The maximum atomic E-state index is 10.8. The third kappa shape index (κ3) is 6.71. The minimum absolute atomic E-state index is 0.335. The van der Waals surface area contributed by atoms with Crippen LogP contribution in [0.2, 0.25) is 0 Å². The summed E-state index contributed by atoms with van der Waals surface area (Å²) in [5, 5.41) is 17.2. The van der Waals surface area contributed by atoms with Crippen LogP contribution in [-0.2, 0) is 6.54 Å². The van der Waals surface area contributed by atoms with Gasteiger partial charge in [0.15, 0.2) is 11.7 Å². The monoisotopic (exact) mass is 372 g/mol. The van der Waals surface area contributed by atoms with Gasteiger partial charge in [-0.2, -0.15) is 0 Å². The van der Waals surface area contributed by atoms with Crippen LogP contribution in [0.3, 0.4) is 0 Å². The second-order valence-electron chi connectivity index (χ2n) is 6.76. The van der Waals surface area contributed by atoms with Crippen molar-refractivity contribution in [2.75, 3.05) is 13.1 Å². The molecule has 0 atom stereocenters. The summed E-state index contributed by atoms with van der Waals surface area (Å²) in [5.41, 5.74) is 0.290. The zero-order valence-electron chi connectivity index (χ0n) is 16.7. The second-order valence-corrected chi connectivity index (χ2v) is 6.76. The first-order chi connectivity index (χ1) is 13.1. The molecule has 0 radical (unpaired) electrons. The molecule has 0 saturated carbocycles. The van der Waals surface area contributed by atoms with Gasteiger partial charge in [-0.1, -0.05) is 57.0 Å². The van der Waals surface area contributed by atoms with Crippen molar-refractivity contribution < 1.29 is 9.52 Å². The maximum absolute atomic E-state index is 10.8. The van der Waals surface area contributed by atoms with Gasteiger partial charge in [0.2, 0.25) is 5.89 Å². The number of hydrogen-bond donors (Lipinski definition) is 3.